The zero-order valence-corrected chi connectivity index (χ0v) is 15.6. The van der Waals surface area contributed by atoms with Crippen molar-refractivity contribution in [3.63, 3.8) is 0 Å². The fraction of sp³-hybridized carbons (Fsp3) is 0.579. The number of hydrogen-bond donors (Lipinski definition) is 1. The van der Waals surface area contributed by atoms with E-state index >= 15 is 0 Å². The van der Waals surface area contributed by atoms with Crippen LogP contribution in [0, 0.1) is 5.92 Å². The number of morpholine rings is 1. The van der Waals surface area contributed by atoms with Crippen LogP contribution in [0.5, 0.6) is 0 Å². The summed E-state index contributed by atoms with van der Waals surface area (Å²) in [6, 6.07) is 7.65. The number of rotatable bonds is 6. The summed E-state index contributed by atoms with van der Waals surface area (Å²) in [6.45, 7) is 8.99. The maximum Gasteiger partial charge on any atom is 0.245 e. The molecule has 6 heteroatoms. The third-order valence-electron chi connectivity index (χ3n) is 4.42. The van der Waals surface area contributed by atoms with Crippen LogP contribution >= 0.6 is 0 Å². The van der Waals surface area contributed by atoms with Crippen LogP contribution < -0.4 is 10.2 Å². The summed E-state index contributed by atoms with van der Waals surface area (Å²) in [5.74, 6) is -0.218. The van der Waals surface area contributed by atoms with Gasteiger partial charge in [0.25, 0.3) is 0 Å². The Morgan fingerprint density at radius 3 is 2.48 bits per heavy atom. The highest BCUT2D eigenvalue weighted by atomic mass is 16.5. The van der Waals surface area contributed by atoms with E-state index in [9.17, 15) is 9.59 Å². The van der Waals surface area contributed by atoms with Crippen molar-refractivity contribution in [1.29, 1.82) is 0 Å². The average Bonchev–Trinajstić information content (AvgIpc) is 2.60. The molecular formula is C19H29N3O3. The van der Waals surface area contributed by atoms with Crippen LogP contribution in [0.4, 0.5) is 5.69 Å². The molecule has 1 N–H and O–H groups in total. The zero-order chi connectivity index (χ0) is 18.4. The van der Waals surface area contributed by atoms with Gasteiger partial charge < -0.3 is 19.9 Å². The fourth-order valence-electron chi connectivity index (χ4n) is 3.06. The quantitative estimate of drug-likeness (QED) is 0.850. The van der Waals surface area contributed by atoms with Gasteiger partial charge >= 0.3 is 0 Å². The van der Waals surface area contributed by atoms with Gasteiger partial charge in [0.1, 0.15) is 6.04 Å². The lowest BCUT2D eigenvalue weighted by atomic mass is 10.0. The molecule has 138 valence electrons. The van der Waals surface area contributed by atoms with Crippen molar-refractivity contribution in [2.24, 2.45) is 5.92 Å². The van der Waals surface area contributed by atoms with Gasteiger partial charge in [0, 0.05) is 39.3 Å². The van der Waals surface area contributed by atoms with E-state index in [1.54, 1.807) is 11.9 Å². The molecule has 1 aromatic carbocycles. The maximum atomic E-state index is 12.8. The lowest BCUT2D eigenvalue weighted by Gasteiger charge is -2.32. The van der Waals surface area contributed by atoms with Crippen LogP contribution in [0.15, 0.2) is 24.3 Å². The molecule has 25 heavy (non-hydrogen) atoms. The number of nitrogens with one attached hydrogen (secondary N) is 1. The minimum absolute atomic E-state index is 0.0355. The molecule has 1 atom stereocenters. The third-order valence-corrected chi connectivity index (χ3v) is 4.42. The molecular weight excluding hydrogens is 318 g/mol. The summed E-state index contributed by atoms with van der Waals surface area (Å²) in [5, 5.41) is 2.77. The Hall–Kier alpha value is -2.08. The Morgan fingerprint density at radius 1 is 1.24 bits per heavy atom. The molecule has 0 aliphatic carbocycles. The summed E-state index contributed by atoms with van der Waals surface area (Å²) in [4.78, 5) is 28.2. The predicted octanol–water partition coefficient (Wildman–Crippen LogP) is 1.64. The van der Waals surface area contributed by atoms with Crippen molar-refractivity contribution in [3.05, 3.63) is 29.8 Å². The van der Waals surface area contributed by atoms with Crippen LogP contribution in [-0.2, 0) is 20.9 Å². The molecule has 1 saturated heterocycles. The van der Waals surface area contributed by atoms with Gasteiger partial charge in [-0.05, 0) is 17.5 Å². The minimum atomic E-state index is -0.502. The smallest absolute Gasteiger partial charge is 0.245 e. The molecule has 0 bridgehead atoms. The Kier molecular flexibility index (Phi) is 6.82. The van der Waals surface area contributed by atoms with E-state index in [1.807, 2.05) is 26.0 Å². The Balaban J connectivity index is 2.12. The molecule has 1 fully saturated rings. The second kappa shape index (κ2) is 8.85. The lowest BCUT2D eigenvalue weighted by Crippen LogP contribution is -2.49. The second-order valence-electron chi connectivity index (χ2n) is 6.84. The lowest BCUT2D eigenvalue weighted by molar-refractivity contribution is -0.136. The summed E-state index contributed by atoms with van der Waals surface area (Å²) < 4.78 is 5.43. The molecule has 1 heterocycles. The summed E-state index contributed by atoms with van der Waals surface area (Å²) in [7, 11) is 1.79. The van der Waals surface area contributed by atoms with Crippen LogP contribution in [-0.4, -0.2) is 56.1 Å². The number of hydrogen-bond acceptors (Lipinski definition) is 4. The molecule has 1 aliphatic rings. The monoisotopic (exact) mass is 347 g/mol. The van der Waals surface area contributed by atoms with E-state index < -0.39 is 6.04 Å². The van der Waals surface area contributed by atoms with Crippen LogP contribution in [0.3, 0.4) is 0 Å². The van der Waals surface area contributed by atoms with Gasteiger partial charge in [-0.2, -0.15) is 0 Å². The van der Waals surface area contributed by atoms with Crippen molar-refractivity contribution < 1.29 is 14.3 Å². The third kappa shape index (κ3) is 5.19. The first-order valence-corrected chi connectivity index (χ1v) is 8.82. The van der Waals surface area contributed by atoms with E-state index in [0.29, 0.717) is 6.54 Å². The minimum Gasteiger partial charge on any atom is -0.378 e. The van der Waals surface area contributed by atoms with Crippen molar-refractivity contribution in [1.82, 2.24) is 10.2 Å². The molecule has 1 aliphatic heterocycles. The first-order valence-electron chi connectivity index (χ1n) is 8.82. The highest BCUT2D eigenvalue weighted by molar-refractivity contribution is 5.87. The van der Waals surface area contributed by atoms with Crippen LogP contribution in [0.1, 0.15) is 26.3 Å². The van der Waals surface area contributed by atoms with Crippen molar-refractivity contribution >= 4 is 17.5 Å². The number of carbonyl (C=O) groups is 2. The SMILES string of the molecule is CC(=O)N[C@@H](C(=O)N(C)Cc1ccccc1N1CCOCC1)C(C)C. The van der Waals surface area contributed by atoms with Gasteiger partial charge in [0.05, 0.1) is 13.2 Å². The summed E-state index contributed by atoms with van der Waals surface area (Å²) in [6.07, 6.45) is 0. The summed E-state index contributed by atoms with van der Waals surface area (Å²) >= 11 is 0. The molecule has 0 radical (unpaired) electrons. The van der Waals surface area contributed by atoms with Crippen molar-refractivity contribution in [3.8, 4) is 0 Å². The second-order valence-corrected chi connectivity index (χ2v) is 6.84. The number of anilines is 1. The molecule has 0 saturated carbocycles. The number of amides is 2. The van der Waals surface area contributed by atoms with Crippen LogP contribution in [0.2, 0.25) is 0 Å². The van der Waals surface area contributed by atoms with Crippen molar-refractivity contribution in [2.45, 2.75) is 33.4 Å². The van der Waals surface area contributed by atoms with Gasteiger partial charge in [-0.1, -0.05) is 32.0 Å². The molecule has 6 nitrogen and oxygen atoms in total. The van der Waals surface area contributed by atoms with E-state index in [1.165, 1.54) is 6.92 Å². The number of carbonyl (C=O) groups excluding carboxylic acids is 2. The molecule has 0 unspecified atom stereocenters. The average molecular weight is 347 g/mol. The fourth-order valence-corrected chi connectivity index (χ4v) is 3.06. The van der Waals surface area contributed by atoms with Gasteiger partial charge in [0.2, 0.25) is 11.8 Å². The molecule has 0 aromatic heterocycles. The van der Waals surface area contributed by atoms with Crippen molar-refractivity contribution in [2.75, 3.05) is 38.3 Å². The van der Waals surface area contributed by atoms with E-state index in [4.69, 9.17) is 4.74 Å². The number of likely N-dealkylation sites (N-methyl/N-ethyl adjacent to an activating group) is 1. The molecule has 2 rings (SSSR count). The first kappa shape index (κ1) is 19.2. The highest BCUT2D eigenvalue weighted by Gasteiger charge is 2.26. The maximum absolute atomic E-state index is 12.8. The van der Waals surface area contributed by atoms with E-state index in [-0.39, 0.29) is 17.7 Å². The number of nitrogens with zero attached hydrogens (tertiary/aromatic N) is 2. The van der Waals surface area contributed by atoms with Gasteiger partial charge in [-0.25, -0.2) is 0 Å². The number of benzene rings is 1. The summed E-state index contributed by atoms with van der Waals surface area (Å²) in [5.41, 5.74) is 2.25. The van der Waals surface area contributed by atoms with E-state index in [0.717, 1.165) is 37.6 Å². The number of para-hydroxylation sites is 1. The zero-order valence-electron chi connectivity index (χ0n) is 15.6. The highest BCUT2D eigenvalue weighted by Crippen LogP contribution is 2.23. The molecule has 0 spiro atoms. The predicted molar refractivity (Wildman–Crippen MR) is 98.4 cm³/mol. The van der Waals surface area contributed by atoms with Gasteiger partial charge in [-0.15, -0.1) is 0 Å². The Morgan fingerprint density at radius 2 is 1.88 bits per heavy atom. The molecule has 2 amide bonds. The van der Waals surface area contributed by atoms with Gasteiger partial charge in [0.15, 0.2) is 0 Å². The van der Waals surface area contributed by atoms with Gasteiger partial charge in [-0.3, -0.25) is 9.59 Å². The topological polar surface area (TPSA) is 61.9 Å². The largest absolute Gasteiger partial charge is 0.378 e. The first-order chi connectivity index (χ1) is 11.9. The Labute approximate surface area is 150 Å². The standard InChI is InChI=1S/C19H29N3O3/c1-14(2)18(20-15(3)23)19(24)21(4)13-16-7-5-6-8-17(16)22-9-11-25-12-10-22/h5-8,14,18H,9-13H2,1-4H3,(H,20,23)/t18-/m1/s1. The van der Waals surface area contributed by atoms with E-state index in [2.05, 4.69) is 22.3 Å². The molecule has 1 aromatic rings. The number of ether oxygens (including phenoxy) is 1. The normalized spacial score (nSPS) is 15.8. The van der Waals surface area contributed by atoms with Crippen LogP contribution in [0.25, 0.3) is 0 Å². The Bertz CT molecular complexity index is 597.